The first kappa shape index (κ1) is 15.0. The van der Waals surface area contributed by atoms with Gasteiger partial charge in [-0.2, -0.15) is 0 Å². The van der Waals surface area contributed by atoms with E-state index in [1.54, 1.807) is 6.92 Å². The van der Waals surface area contributed by atoms with Gasteiger partial charge in [-0.1, -0.05) is 18.5 Å². The van der Waals surface area contributed by atoms with Gasteiger partial charge in [0.05, 0.1) is 11.0 Å². The largest absolute Gasteiger partial charge is 0.328 e. The minimum absolute atomic E-state index is 0.193. The number of hydrogen-bond acceptors (Lipinski definition) is 3. The summed E-state index contributed by atoms with van der Waals surface area (Å²) in [6.07, 6.45) is 1.38. The molecule has 20 heavy (non-hydrogen) atoms. The van der Waals surface area contributed by atoms with Gasteiger partial charge in [-0.3, -0.25) is 4.79 Å². The van der Waals surface area contributed by atoms with Crippen LogP contribution in [0.2, 0.25) is 5.02 Å². The molecule has 0 aliphatic carbocycles. The lowest BCUT2D eigenvalue weighted by Crippen LogP contribution is -2.18. The van der Waals surface area contributed by atoms with Gasteiger partial charge in [-0.15, -0.1) is 0 Å². The number of nitrogens with one attached hydrogen (secondary N) is 1. The van der Waals surface area contributed by atoms with Crippen molar-refractivity contribution in [1.82, 2.24) is 14.9 Å². The molecular formula is C15H20ClN3O. The van der Waals surface area contributed by atoms with Crippen LogP contribution in [0, 0.1) is 0 Å². The smallest absolute Gasteiger partial charge is 0.131 e. The summed E-state index contributed by atoms with van der Waals surface area (Å²) in [5, 5.41) is 3.99. The molecular weight excluding hydrogens is 274 g/mol. The number of fused-ring (bicyclic) bond motifs is 1. The van der Waals surface area contributed by atoms with Crippen LogP contribution in [0.4, 0.5) is 0 Å². The van der Waals surface area contributed by atoms with Crippen LogP contribution in [0.25, 0.3) is 11.0 Å². The van der Waals surface area contributed by atoms with Gasteiger partial charge >= 0.3 is 0 Å². The molecule has 0 aliphatic heterocycles. The molecule has 2 rings (SSSR count). The summed E-state index contributed by atoms with van der Waals surface area (Å²) in [6, 6.07) is 5.71. The molecule has 4 nitrogen and oxygen atoms in total. The molecule has 0 amide bonds. The number of carbonyl (C=O) groups excluding carboxylic acids is 1. The van der Waals surface area contributed by atoms with Crippen molar-refractivity contribution in [3.05, 3.63) is 29.0 Å². The second-order valence-corrected chi connectivity index (χ2v) is 5.30. The normalized spacial score (nSPS) is 11.2. The number of Topliss-reactive ketones (excluding diaryl/α,β-unsaturated/α-hetero) is 1. The highest BCUT2D eigenvalue weighted by Crippen LogP contribution is 2.21. The van der Waals surface area contributed by atoms with Crippen molar-refractivity contribution in [3.63, 3.8) is 0 Å². The molecule has 0 fully saturated rings. The van der Waals surface area contributed by atoms with Crippen LogP contribution < -0.4 is 5.32 Å². The Kier molecular flexibility index (Phi) is 5.15. The summed E-state index contributed by atoms with van der Waals surface area (Å²) < 4.78 is 2.13. The zero-order valence-electron chi connectivity index (χ0n) is 11.9. The third-order valence-corrected chi connectivity index (χ3v) is 3.49. The first-order chi connectivity index (χ1) is 9.61. The number of rotatable bonds is 7. The van der Waals surface area contributed by atoms with Crippen molar-refractivity contribution in [2.45, 2.75) is 33.2 Å². The minimum Gasteiger partial charge on any atom is -0.328 e. The molecule has 0 unspecified atom stereocenters. The number of imidazole rings is 1. The van der Waals surface area contributed by atoms with Crippen molar-refractivity contribution in [1.29, 1.82) is 0 Å². The van der Waals surface area contributed by atoms with E-state index in [4.69, 9.17) is 11.6 Å². The van der Waals surface area contributed by atoms with E-state index in [1.165, 1.54) is 0 Å². The van der Waals surface area contributed by atoms with Gasteiger partial charge in [0.2, 0.25) is 0 Å². The second kappa shape index (κ2) is 6.86. The lowest BCUT2D eigenvalue weighted by molar-refractivity contribution is -0.117. The van der Waals surface area contributed by atoms with Crippen LogP contribution in [0.1, 0.15) is 26.1 Å². The summed E-state index contributed by atoms with van der Waals surface area (Å²) in [5.41, 5.74) is 1.94. The predicted molar refractivity (Wildman–Crippen MR) is 82.3 cm³/mol. The van der Waals surface area contributed by atoms with E-state index < -0.39 is 0 Å². The summed E-state index contributed by atoms with van der Waals surface area (Å²) in [6.45, 7) is 6.20. The SMILES string of the molecule is CCNCCc1nc2cc(Cl)ccc2n1CCC(C)=O. The maximum atomic E-state index is 11.2. The molecule has 0 saturated carbocycles. The van der Waals surface area contributed by atoms with E-state index >= 15 is 0 Å². The number of carbonyl (C=O) groups is 1. The van der Waals surface area contributed by atoms with Crippen LogP contribution in [-0.2, 0) is 17.8 Å². The van der Waals surface area contributed by atoms with Gasteiger partial charge in [-0.25, -0.2) is 4.98 Å². The molecule has 1 aromatic carbocycles. The minimum atomic E-state index is 0.193. The fourth-order valence-electron chi connectivity index (χ4n) is 2.24. The van der Waals surface area contributed by atoms with Crippen LogP contribution >= 0.6 is 11.6 Å². The molecule has 0 spiro atoms. The Balaban J connectivity index is 2.31. The van der Waals surface area contributed by atoms with Crippen molar-refractivity contribution in [2.75, 3.05) is 13.1 Å². The molecule has 1 heterocycles. The summed E-state index contributed by atoms with van der Waals surface area (Å²) >= 11 is 6.02. The number of aromatic nitrogens is 2. The van der Waals surface area contributed by atoms with Gasteiger partial charge in [0, 0.05) is 31.0 Å². The second-order valence-electron chi connectivity index (χ2n) is 4.87. The summed E-state index contributed by atoms with van der Waals surface area (Å²) in [5.74, 6) is 1.20. The van der Waals surface area contributed by atoms with E-state index in [9.17, 15) is 4.79 Å². The Hall–Kier alpha value is -1.39. The fraction of sp³-hybridized carbons (Fsp3) is 0.467. The predicted octanol–water partition coefficient (Wildman–Crippen LogP) is 2.82. The molecule has 108 valence electrons. The highest BCUT2D eigenvalue weighted by atomic mass is 35.5. The van der Waals surface area contributed by atoms with Crippen LogP contribution in [0.5, 0.6) is 0 Å². The highest BCUT2D eigenvalue weighted by molar-refractivity contribution is 6.31. The number of aryl methyl sites for hydroxylation is 1. The lowest BCUT2D eigenvalue weighted by atomic mass is 10.3. The maximum Gasteiger partial charge on any atom is 0.131 e. The average molecular weight is 294 g/mol. The van der Waals surface area contributed by atoms with Crippen molar-refractivity contribution < 1.29 is 4.79 Å². The standard InChI is InChI=1S/C15H20ClN3O/c1-3-17-8-6-15-18-13-10-12(16)4-5-14(13)19(15)9-7-11(2)20/h4-5,10,17H,3,6-9H2,1-2H3. The Bertz CT molecular complexity index is 606. The van der Waals surface area contributed by atoms with Crippen LogP contribution in [0.3, 0.4) is 0 Å². The molecule has 5 heteroatoms. The third kappa shape index (κ3) is 3.58. The lowest BCUT2D eigenvalue weighted by Gasteiger charge is -2.08. The van der Waals surface area contributed by atoms with Crippen molar-refractivity contribution in [3.8, 4) is 0 Å². The van der Waals surface area contributed by atoms with Crippen LogP contribution in [0.15, 0.2) is 18.2 Å². The monoisotopic (exact) mass is 293 g/mol. The highest BCUT2D eigenvalue weighted by Gasteiger charge is 2.11. The average Bonchev–Trinajstić information content (AvgIpc) is 2.73. The quantitative estimate of drug-likeness (QED) is 0.799. The molecule has 1 N–H and O–H groups in total. The zero-order chi connectivity index (χ0) is 14.5. The van der Waals surface area contributed by atoms with Crippen molar-refractivity contribution >= 4 is 28.4 Å². The van der Waals surface area contributed by atoms with E-state index in [-0.39, 0.29) is 5.78 Å². The van der Waals surface area contributed by atoms with Crippen LogP contribution in [-0.4, -0.2) is 28.4 Å². The number of likely N-dealkylation sites (N-methyl/N-ethyl adjacent to an activating group) is 1. The molecule has 0 atom stereocenters. The molecule has 0 aliphatic rings. The summed E-state index contributed by atoms with van der Waals surface area (Å²) in [7, 11) is 0. The molecule has 0 bridgehead atoms. The fourth-order valence-corrected chi connectivity index (χ4v) is 2.41. The number of halogens is 1. The number of hydrogen-bond donors (Lipinski definition) is 1. The Morgan fingerprint density at radius 1 is 1.45 bits per heavy atom. The number of nitrogens with zero attached hydrogens (tertiary/aromatic N) is 2. The van der Waals surface area contributed by atoms with Gasteiger partial charge in [0.25, 0.3) is 0 Å². The van der Waals surface area contributed by atoms with E-state index in [0.717, 1.165) is 36.4 Å². The molecule has 0 saturated heterocycles. The van der Waals surface area contributed by atoms with E-state index in [0.29, 0.717) is 18.0 Å². The van der Waals surface area contributed by atoms with Crippen molar-refractivity contribution in [2.24, 2.45) is 0 Å². The topological polar surface area (TPSA) is 46.9 Å². The Labute approximate surface area is 124 Å². The van der Waals surface area contributed by atoms with Gasteiger partial charge in [-0.05, 0) is 31.7 Å². The Morgan fingerprint density at radius 3 is 2.95 bits per heavy atom. The Morgan fingerprint density at radius 2 is 2.25 bits per heavy atom. The third-order valence-electron chi connectivity index (χ3n) is 3.25. The maximum absolute atomic E-state index is 11.2. The van der Waals surface area contributed by atoms with Gasteiger partial charge < -0.3 is 9.88 Å². The van der Waals surface area contributed by atoms with E-state index in [1.807, 2.05) is 18.2 Å². The number of benzene rings is 1. The number of ketones is 1. The van der Waals surface area contributed by atoms with Gasteiger partial charge in [0.15, 0.2) is 0 Å². The van der Waals surface area contributed by atoms with E-state index in [2.05, 4.69) is 21.8 Å². The summed E-state index contributed by atoms with van der Waals surface area (Å²) in [4.78, 5) is 15.9. The zero-order valence-corrected chi connectivity index (χ0v) is 12.7. The molecule has 1 aromatic heterocycles. The molecule has 0 radical (unpaired) electrons. The molecule has 2 aromatic rings. The first-order valence-electron chi connectivity index (χ1n) is 6.96. The van der Waals surface area contributed by atoms with Gasteiger partial charge in [0.1, 0.15) is 11.6 Å². The first-order valence-corrected chi connectivity index (χ1v) is 7.34.